The second kappa shape index (κ2) is 7.53. The van der Waals surface area contributed by atoms with E-state index in [1.165, 1.54) is 28.8 Å². The van der Waals surface area contributed by atoms with Crippen molar-refractivity contribution in [2.45, 2.75) is 32.4 Å². The maximum absolute atomic E-state index is 12.6. The Balaban J connectivity index is 2.17. The highest BCUT2D eigenvalue weighted by molar-refractivity contribution is 7.99. The smallest absolute Gasteiger partial charge is 0.275 e. The largest absolute Gasteiger partial charge is 0.352 e. The molecule has 1 aliphatic heterocycles. The van der Waals surface area contributed by atoms with Crippen molar-refractivity contribution >= 4 is 46.8 Å². The van der Waals surface area contributed by atoms with Gasteiger partial charge in [0.2, 0.25) is 5.91 Å². The molecule has 2 atom stereocenters. The van der Waals surface area contributed by atoms with Crippen molar-refractivity contribution < 1.29 is 9.59 Å². The Morgan fingerprint density at radius 3 is 2.91 bits per heavy atom. The van der Waals surface area contributed by atoms with Crippen LogP contribution in [0.25, 0.3) is 0 Å². The zero-order valence-corrected chi connectivity index (χ0v) is 14.6. The molecule has 1 fully saturated rings. The fourth-order valence-electron chi connectivity index (χ4n) is 2.01. The first kappa shape index (κ1) is 17.4. The lowest BCUT2D eigenvalue weighted by Crippen LogP contribution is -2.49. The Bertz CT molecular complexity index is 585. The Hall–Kier alpha value is -0.980. The molecule has 1 saturated heterocycles. The first-order valence-corrected chi connectivity index (χ1v) is 8.86. The first-order chi connectivity index (χ1) is 10.4. The molecule has 0 spiro atoms. The molecule has 22 heavy (non-hydrogen) atoms. The molecular formula is C14H17Cl2N3O2S. The van der Waals surface area contributed by atoms with Crippen molar-refractivity contribution in [3.05, 3.63) is 28.0 Å². The number of thioether (sulfide) groups is 1. The summed E-state index contributed by atoms with van der Waals surface area (Å²) in [5.74, 6) is 0.473. The summed E-state index contributed by atoms with van der Waals surface area (Å²) in [6.45, 7) is 3.93. The van der Waals surface area contributed by atoms with Crippen LogP contribution in [0.1, 0.15) is 30.8 Å². The average Bonchev–Trinajstić information content (AvgIpc) is 2.98. The summed E-state index contributed by atoms with van der Waals surface area (Å²) in [4.78, 5) is 30.4. The van der Waals surface area contributed by atoms with Crippen LogP contribution in [0.5, 0.6) is 0 Å². The van der Waals surface area contributed by atoms with Gasteiger partial charge in [0.15, 0.2) is 0 Å². The molecule has 1 aromatic rings. The van der Waals surface area contributed by atoms with Crippen molar-refractivity contribution in [3.8, 4) is 0 Å². The van der Waals surface area contributed by atoms with Crippen LogP contribution in [-0.4, -0.2) is 45.4 Å². The van der Waals surface area contributed by atoms with Gasteiger partial charge in [-0.25, -0.2) is 4.98 Å². The van der Waals surface area contributed by atoms with E-state index in [1.54, 1.807) is 0 Å². The molecule has 0 bridgehead atoms. The summed E-state index contributed by atoms with van der Waals surface area (Å²) in [7, 11) is 0. The molecule has 1 aliphatic rings. The van der Waals surface area contributed by atoms with Gasteiger partial charge < -0.3 is 10.2 Å². The monoisotopic (exact) mass is 361 g/mol. The third-order valence-corrected chi connectivity index (χ3v) is 4.99. The van der Waals surface area contributed by atoms with Gasteiger partial charge in [-0.05, 0) is 25.5 Å². The Morgan fingerprint density at radius 2 is 2.23 bits per heavy atom. The van der Waals surface area contributed by atoms with Crippen LogP contribution >= 0.6 is 35.0 Å². The van der Waals surface area contributed by atoms with E-state index in [1.807, 2.05) is 13.8 Å². The van der Waals surface area contributed by atoms with E-state index in [0.29, 0.717) is 11.6 Å². The van der Waals surface area contributed by atoms with Crippen LogP contribution in [0.15, 0.2) is 12.1 Å². The number of nitrogens with one attached hydrogen (secondary N) is 1. The van der Waals surface area contributed by atoms with E-state index in [-0.39, 0.29) is 33.7 Å². The highest BCUT2D eigenvalue weighted by Crippen LogP contribution is 2.26. The average molecular weight is 362 g/mol. The number of rotatable bonds is 4. The van der Waals surface area contributed by atoms with Crippen molar-refractivity contribution in [2.24, 2.45) is 0 Å². The zero-order chi connectivity index (χ0) is 16.3. The Morgan fingerprint density at radius 1 is 1.50 bits per heavy atom. The molecular weight excluding hydrogens is 345 g/mol. The lowest BCUT2D eigenvalue weighted by molar-refractivity contribution is -0.125. The van der Waals surface area contributed by atoms with Crippen LogP contribution in [0, 0.1) is 0 Å². The molecule has 0 radical (unpaired) electrons. The van der Waals surface area contributed by atoms with Gasteiger partial charge in [0.25, 0.3) is 5.91 Å². The van der Waals surface area contributed by atoms with Gasteiger partial charge in [0.05, 0.1) is 10.9 Å². The van der Waals surface area contributed by atoms with Crippen LogP contribution in [0.3, 0.4) is 0 Å². The molecule has 0 aliphatic carbocycles. The van der Waals surface area contributed by atoms with Gasteiger partial charge in [-0.3, -0.25) is 9.59 Å². The number of pyridine rings is 1. The van der Waals surface area contributed by atoms with E-state index in [2.05, 4.69) is 10.3 Å². The summed E-state index contributed by atoms with van der Waals surface area (Å²) >= 11 is 13.4. The molecule has 2 unspecified atom stereocenters. The molecule has 2 heterocycles. The second-order valence-electron chi connectivity index (χ2n) is 5.07. The number of amides is 2. The predicted octanol–water partition coefficient (Wildman–Crippen LogP) is 2.82. The van der Waals surface area contributed by atoms with E-state index < -0.39 is 6.04 Å². The van der Waals surface area contributed by atoms with Crippen molar-refractivity contribution in [1.29, 1.82) is 0 Å². The van der Waals surface area contributed by atoms with E-state index in [4.69, 9.17) is 23.2 Å². The summed E-state index contributed by atoms with van der Waals surface area (Å²) in [6, 6.07) is 2.61. The lowest BCUT2D eigenvalue weighted by atomic mass is 10.2. The quantitative estimate of drug-likeness (QED) is 0.837. The predicted molar refractivity (Wildman–Crippen MR) is 89.4 cm³/mol. The van der Waals surface area contributed by atoms with E-state index in [9.17, 15) is 9.59 Å². The summed E-state index contributed by atoms with van der Waals surface area (Å²) in [5, 5.41) is 3.33. The van der Waals surface area contributed by atoms with Crippen LogP contribution in [0.2, 0.25) is 10.2 Å². The molecule has 1 aromatic heterocycles. The molecule has 5 nitrogen and oxygen atoms in total. The number of hydrogen-bond acceptors (Lipinski definition) is 4. The molecule has 0 aromatic carbocycles. The number of carbonyl (C=O) groups is 2. The maximum Gasteiger partial charge on any atom is 0.275 e. The molecule has 1 N–H and O–H groups in total. The van der Waals surface area contributed by atoms with E-state index in [0.717, 1.165) is 6.42 Å². The minimum absolute atomic E-state index is 0.0722. The number of halogens is 2. The normalized spacial score (nSPS) is 19.1. The third kappa shape index (κ3) is 3.86. The highest BCUT2D eigenvalue weighted by atomic mass is 35.5. The SMILES string of the molecule is CCC(C)NC(=O)C1CSCN1C(=O)c1nc(Cl)ccc1Cl. The number of nitrogens with zero attached hydrogens (tertiary/aromatic N) is 2. The molecule has 0 saturated carbocycles. The minimum Gasteiger partial charge on any atom is -0.352 e. The third-order valence-electron chi connectivity index (χ3n) is 3.46. The van der Waals surface area contributed by atoms with Gasteiger partial charge in [-0.2, -0.15) is 0 Å². The summed E-state index contributed by atoms with van der Waals surface area (Å²) < 4.78 is 0. The van der Waals surface area contributed by atoms with Crippen LogP contribution in [0.4, 0.5) is 0 Å². The van der Waals surface area contributed by atoms with Gasteiger partial charge in [-0.15, -0.1) is 11.8 Å². The molecule has 2 amide bonds. The van der Waals surface area contributed by atoms with Crippen molar-refractivity contribution in [3.63, 3.8) is 0 Å². The topological polar surface area (TPSA) is 62.3 Å². The van der Waals surface area contributed by atoms with Crippen molar-refractivity contribution in [2.75, 3.05) is 11.6 Å². The maximum atomic E-state index is 12.6. The standard InChI is InChI=1S/C14H17Cl2N3O2S/c1-3-8(2)17-13(20)10-6-22-7-19(10)14(21)12-9(15)4-5-11(16)18-12/h4-5,8,10H,3,6-7H2,1-2H3,(H,17,20). The number of carbonyl (C=O) groups excluding carboxylic acids is 2. The minimum atomic E-state index is -0.511. The van der Waals surface area contributed by atoms with Crippen molar-refractivity contribution in [1.82, 2.24) is 15.2 Å². The first-order valence-electron chi connectivity index (χ1n) is 6.95. The van der Waals surface area contributed by atoms with Crippen LogP contribution in [-0.2, 0) is 4.79 Å². The summed E-state index contributed by atoms with van der Waals surface area (Å²) in [5.41, 5.74) is 0.0815. The number of aromatic nitrogens is 1. The van der Waals surface area contributed by atoms with Crippen LogP contribution < -0.4 is 5.32 Å². The Kier molecular flexibility index (Phi) is 5.94. The zero-order valence-electron chi connectivity index (χ0n) is 12.3. The highest BCUT2D eigenvalue weighted by Gasteiger charge is 2.36. The number of hydrogen-bond donors (Lipinski definition) is 1. The van der Waals surface area contributed by atoms with E-state index >= 15 is 0 Å². The van der Waals surface area contributed by atoms with Gasteiger partial charge in [0.1, 0.15) is 16.9 Å². The Labute approximate surface area is 143 Å². The fourth-order valence-corrected chi connectivity index (χ4v) is 3.49. The fraction of sp³-hybridized carbons (Fsp3) is 0.500. The molecule has 2 rings (SSSR count). The van der Waals surface area contributed by atoms with Gasteiger partial charge >= 0.3 is 0 Å². The van der Waals surface area contributed by atoms with Gasteiger partial charge in [0, 0.05) is 11.8 Å². The summed E-state index contributed by atoms with van der Waals surface area (Å²) in [6.07, 6.45) is 0.835. The lowest BCUT2D eigenvalue weighted by Gasteiger charge is -2.24. The molecule has 8 heteroatoms. The molecule has 120 valence electrons. The second-order valence-corrected chi connectivity index (χ2v) is 6.87. The van der Waals surface area contributed by atoms with Gasteiger partial charge in [-0.1, -0.05) is 30.1 Å².